The molecule has 0 nitrogen and oxygen atoms in total. The van der Waals surface area contributed by atoms with E-state index in [9.17, 15) is 0 Å². The average molecular weight is 299 g/mol. The standard InChI is InChI=1S/C12H20Cl2S2/c13-9-5-1-3-7-11(9)15-16-12-8-4-2-6-10(12)14/h9-12H,1-8H2/t9-,10+,11-,12+. The summed E-state index contributed by atoms with van der Waals surface area (Å²) in [5.74, 6) is 0. The SMILES string of the molecule is Cl[C@@H]1CCCC[C@H]1SS[C@H]1CCCC[C@@H]1Cl. The lowest BCUT2D eigenvalue weighted by molar-refractivity contribution is 0.521. The molecule has 0 aliphatic heterocycles. The zero-order valence-corrected chi connectivity index (χ0v) is 12.7. The van der Waals surface area contributed by atoms with Gasteiger partial charge in [-0.15, -0.1) is 23.2 Å². The Bertz CT molecular complexity index is 191. The van der Waals surface area contributed by atoms with Crippen molar-refractivity contribution in [1.29, 1.82) is 0 Å². The third-order valence-corrected chi connectivity index (χ3v) is 8.44. The van der Waals surface area contributed by atoms with Crippen LogP contribution in [0, 0.1) is 0 Å². The summed E-state index contributed by atoms with van der Waals surface area (Å²) in [6.07, 6.45) is 10.3. The molecule has 2 saturated carbocycles. The highest BCUT2D eigenvalue weighted by Crippen LogP contribution is 2.44. The lowest BCUT2D eigenvalue weighted by atomic mass is 10.00. The third-order valence-electron chi connectivity index (χ3n) is 3.55. The summed E-state index contributed by atoms with van der Waals surface area (Å²) >= 11 is 12.7. The molecular formula is C12H20Cl2S2. The van der Waals surface area contributed by atoms with Crippen LogP contribution in [-0.2, 0) is 0 Å². The maximum atomic E-state index is 6.37. The monoisotopic (exact) mass is 298 g/mol. The Kier molecular flexibility index (Phi) is 6.01. The summed E-state index contributed by atoms with van der Waals surface area (Å²) in [6.45, 7) is 0. The predicted molar refractivity (Wildman–Crippen MR) is 79.0 cm³/mol. The molecule has 0 N–H and O–H groups in total. The van der Waals surface area contributed by atoms with E-state index in [-0.39, 0.29) is 0 Å². The lowest BCUT2D eigenvalue weighted by Gasteiger charge is -2.30. The molecule has 2 fully saturated rings. The second kappa shape index (κ2) is 7.01. The van der Waals surface area contributed by atoms with E-state index in [0.29, 0.717) is 21.3 Å². The van der Waals surface area contributed by atoms with Gasteiger partial charge in [-0.05, 0) is 25.7 Å². The van der Waals surface area contributed by atoms with Crippen molar-refractivity contribution in [3.05, 3.63) is 0 Å². The lowest BCUT2D eigenvalue weighted by Crippen LogP contribution is -2.24. The van der Waals surface area contributed by atoms with Crippen LogP contribution in [0.2, 0.25) is 0 Å². The van der Waals surface area contributed by atoms with Crippen molar-refractivity contribution in [2.75, 3.05) is 0 Å². The molecule has 2 rings (SSSR count). The van der Waals surface area contributed by atoms with Crippen LogP contribution >= 0.6 is 44.8 Å². The molecule has 2 aliphatic carbocycles. The molecule has 0 bridgehead atoms. The minimum absolute atomic E-state index is 0.392. The number of hydrogen-bond donors (Lipinski definition) is 0. The van der Waals surface area contributed by atoms with Crippen LogP contribution in [0.25, 0.3) is 0 Å². The Morgan fingerprint density at radius 2 is 1.00 bits per heavy atom. The van der Waals surface area contributed by atoms with Gasteiger partial charge in [0.25, 0.3) is 0 Å². The number of halogens is 2. The summed E-state index contributed by atoms with van der Waals surface area (Å²) in [5, 5.41) is 2.10. The predicted octanol–water partition coefficient (Wildman–Crippen LogP) is 5.47. The molecule has 4 heteroatoms. The first kappa shape index (κ1) is 13.7. The van der Waals surface area contributed by atoms with E-state index in [2.05, 4.69) is 0 Å². The maximum Gasteiger partial charge on any atom is 0.0463 e. The zero-order valence-electron chi connectivity index (χ0n) is 9.54. The van der Waals surface area contributed by atoms with Gasteiger partial charge < -0.3 is 0 Å². The molecule has 16 heavy (non-hydrogen) atoms. The normalized spacial score (nSPS) is 40.9. The van der Waals surface area contributed by atoms with Crippen molar-refractivity contribution >= 4 is 44.8 Å². The number of hydrogen-bond acceptors (Lipinski definition) is 2. The summed E-state index contributed by atoms with van der Waals surface area (Å²) in [7, 11) is 4.03. The van der Waals surface area contributed by atoms with Gasteiger partial charge in [0.1, 0.15) is 0 Å². The second-order valence-electron chi connectivity index (χ2n) is 4.87. The molecule has 0 aromatic carbocycles. The van der Waals surface area contributed by atoms with Gasteiger partial charge in [-0.1, -0.05) is 47.3 Å². The van der Waals surface area contributed by atoms with Gasteiger partial charge >= 0.3 is 0 Å². The molecule has 0 aromatic rings. The Labute approximate surface area is 117 Å². The largest absolute Gasteiger partial charge is 0.122 e. The van der Waals surface area contributed by atoms with Crippen molar-refractivity contribution in [2.45, 2.75) is 72.6 Å². The quantitative estimate of drug-likeness (QED) is 0.501. The Morgan fingerprint density at radius 1 is 0.625 bits per heavy atom. The zero-order chi connectivity index (χ0) is 11.4. The van der Waals surface area contributed by atoms with Crippen LogP contribution < -0.4 is 0 Å². The first-order valence-corrected chi connectivity index (χ1v) is 9.52. The minimum atomic E-state index is 0.392. The molecule has 4 atom stereocenters. The fourth-order valence-electron chi connectivity index (χ4n) is 2.46. The molecule has 0 saturated heterocycles. The molecule has 0 unspecified atom stereocenters. The smallest absolute Gasteiger partial charge is 0.0463 e. The van der Waals surface area contributed by atoms with Crippen molar-refractivity contribution in [3.63, 3.8) is 0 Å². The Hall–Kier alpha value is 1.28. The van der Waals surface area contributed by atoms with Crippen LogP contribution in [-0.4, -0.2) is 21.3 Å². The fraction of sp³-hybridized carbons (Fsp3) is 1.00. The summed E-state index contributed by atoms with van der Waals surface area (Å²) in [6, 6.07) is 0. The van der Waals surface area contributed by atoms with Crippen LogP contribution in [0.5, 0.6) is 0 Å². The molecule has 0 spiro atoms. The Balaban J connectivity index is 1.72. The first-order valence-electron chi connectivity index (χ1n) is 6.37. The van der Waals surface area contributed by atoms with Gasteiger partial charge in [-0.25, -0.2) is 0 Å². The highest BCUT2D eigenvalue weighted by molar-refractivity contribution is 8.77. The molecule has 94 valence electrons. The second-order valence-corrected chi connectivity index (χ2v) is 8.74. The first-order chi connectivity index (χ1) is 7.77. The van der Waals surface area contributed by atoms with Gasteiger partial charge in [-0.2, -0.15) is 0 Å². The third kappa shape index (κ3) is 3.90. The van der Waals surface area contributed by atoms with E-state index in [1.165, 1.54) is 51.4 Å². The minimum Gasteiger partial charge on any atom is -0.122 e. The van der Waals surface area contributed by atoms with Gasteiger partial charge in [0, 0.05) is 21.3 Å². The number of alkyl halides is 2. The molecule has 0 radical (unpaired) electrons. The fourth-order valence-corrected chi connectivity index (χ4v) is 7.26. The average Bonchev–Trinajstić information content (AvgIpc) is 2.30. The van der Waals surface area contributed by atoms with Crippen molar-refractivity contribution in [1.82, 2.24) is 0 Å². The van der Waals surface area contributed by atoms with E-state index < -0.39 is 0 Å². The molecular weight excluding hydrogens is 279 g/mol. The van der Waals surface area contributed by atoms with Gasteiger partial charge in [0.05, 0.1) is 0 Å². The molecule has 0 aromatic heterocycles. The highest BCUT2D eigenvalue weighted by Gasteiger charge is 2.28. The van der Waals surface area contributed by atoms with Crippen molar-refractivity contribution in [3.8, 4) is 0 Å². The Morgan fingerprint density at radius 3 is 1.38 bits per heavy atom. The topological polar surface area (TPSA) is 0 Å². The van der Waals surface area contributed by atoms with Crippen LogP contribution in [0.3, 0.4) is 0 Å². The van der Waals surface area contributed by atoms with E-state index in [0.717, 1.165) is 0 Å². The van der Waals surface area contributed by atoms with Crippen LogP contribution in [0.4, 0.5) is 0 Å². The van der Waals surface area contributed by atoms with Gasteiger partial charge in [0.15, 0.2) is 0 Å². The van der Waals surface area contributed by atoms with Gasteiger partial charge in [-0.3, -0.25) is 0 Å². The van der Waals surface area contributed by atoms with Crippen LogP contribution in [0.1, 0.15) is 51.4 Å². The molecule has 2 aliphatic rings. The summed E-state index contributed by atoms with van der Waals surface area (Å²) < 4.78 is 0. The van der Waals surface area contributed by atoms with Gasteiger partial charge in [0.2, 0.25) is 0 Å². The molecule has 0 heterocycles. The summed E-state index contributed by atoms with van der Waals surface area (Å²) in [4.78, 5) is 0. The highest BCUT2D eigenvalue weighted by atomic mass is 35.5. The van der Waals surface area contributed by atoms with E-state index in [4.69, 9.17) is 23.2 Å². The molecule has 0 amide bonds. The van der Waals surface area contributed by atoms with E-state index in [1.807, 2.05) is 21.6 Å². The maximum absolute atomic E-state index is 6.37. The van der Waals surface area contributed by atoms with Crippen molar-refractivity contribution < 1.29 is 0 Å². The van der Waals surface area contributed by atoms with Crippen molar-refractivity contribution in [2.24, 2.45) is 0 Å². The van der Waals surface area contributed by atoms with E-state index in [1.54, 1.807) is 0 Å². The van der Waals surface area contributed by atoms with E-state index >= 15 is 0 Å². The summed E-state index contributed by atoms with van der Waals surface area (Å²) in [5.41, 5.74) is 0. The number of rotatable bonds is 3. The van der Waals surface area contributed by atoms with Crippen LogP contribution in [0.15, 0.2) is 0 Å².